The molecule has 0 saturated heterocycles. The van der Waals surface area contributed by atoms with Gasteiger partial charge in [0.15, 0.2) is 11.3 Å². The van der Waals surface area contributed by atoms with E-state index in [9.17, 15) is 14.7 Å². The number of amides is 2. The van der Waals surface area contributed by atoms with Crippen LogP contribution in [0, 0.1) is 6.92 Å². The summed E-state index contributed by atoms with van der Waals surface area (Å²) in [6, 6.07) is 26.4. The highest BCUT2D eigenvalue weighted by Crippen LogP contribution is 2.54. The zero-order valence-electron chi connectivity index (χ0n) is 23.5. The summed E-state index contributed by atoms with van der Waals surface area (Å²) in [5, 5.41) is 15.5. The second-order valence-electron chi connectivity index (χ2n) is 11.8. The van der Waals surface area contributed by atoms with Crippen molar-refractivity contribution < 1.29 is 14.7 Å². The molecular formula is C34H26N6O3. The SMILES string of the molecule is Cc1cc2ncc3nc(-c4ccccc4)c(-c4ccc(C5(N6C(=O)c7ccccc7C6=O)CC(C)(O)C5)cc4)nc3n2n1. The first-order valence-corrected chi connectivity index (χ1v) is 14.1. The lowest BCUT2D eigenvalue weighted by Gasteiger charge is -2.55. The summed E-state index contributed by atoms with van der Waals surface area (Å²) in [6.07, 6.45) is 2.21. The quantitative estimate of drug-likeness (QED) is 0.286. The van der Waals surface area contributed by atoms with Crippen LogP contribution in [0.15, 0.2) is 91.1 Å². The van der Waals surface area contributed by atoms with Crippen molar-refractivity contribution in [1.29, 1.82) is 0 Å². The minimum Gasteiger partial charge on any atom is -0.390 e. The van der Waals surface area contributed by atoms with E-state index >= 15 is 0 Å². The molecule has 1 aliphatic heterocycles. The van der Waals surface area contributed by atoms with Crippen molar-refractivity contribution >= 4 is 28.6 Å². The van der Waals surface area contributed by atoms with E-state index in [0.717, 1.165) is 22.4 Å². The average Bonchev–Trinajstić information content (AvgIpc) is 3.52. The van der Waals surface area contributed by atoms with E-state index in [2.05, 4.69) is 10.1 Å². The van der Waals surface area contributed by atoms with Gasteiger partial charge in [0.1, 0.15) is 5.52 Å². The molecule has 2 aliphatic rings. The third-order valence-corrected chi connectivity index (χ3v) is 8.55. The van der Waals surface area contributed by atoms with Crippen LogP contribution in [-0.2, 0) is 5.54 Å². The molecule has 3 aromatic heterocycles. The van der Waals surface area contributed by atoms with E-state index in [1.54, 1.807) is 41.9 Å². The molecule has 0 atom stereocenters. The molecule has 9 heteroatoms. The van der Waals surface area contributed by atoms with Gasteiger partial charge in [-0.05, 0) is 31.5 Å². The molecule has 0 spiro atoms. The van der Waals surface area contributed by atoms with Crippen LogP contribution in [0.4, 0.5) is 0 Å². The number of benzene rings is 3. The number of aryl methyl sites for hydroxylation is 1. The summed E-state index contributed by atoms with van der Waals surface area (Å²) < 4.78 is 1.71. The van der Waals surface area contributed by atoms with Crippen LogP contribution in [0.25, 0.3) is 39.3 Å². The van der Waals surface area contributed by atoms with Crippen LogP contribution >= 0.6 is 0 Å². The highest BCUT2D eigenvalue weighted by molar-refractivity contribution is 6.22. The van der Waals surface area contributed by atoms with E-state index in [1.807, 2.05) is 67.6 Å². The molecule has 43 heavy (non-hydrogen) atoms. The summed E-state index contributed by atoms with van der Waals surface area (Å²) >= 11 is 0. The molecule has 1 N–H and O–H groups in total. The Kier molecular flexibility index (Phi) is 5.24. The van der Waals surface area contributed by atoms with Crippen molar-refractivity contribution in [3.8, 4) is 22.5 Å². The van der Waals surface area contributed by atoms with Crippen LogP contribution in [-0.4, -0.2) is 52.0 Å². The summed E-state index contributed by atoms with van der Waals surface area (Å²) in [5.41, 5.74) is 5.42. The van der Waals surface area contributed by atoms with Crippen molar-refractivity contribution in [2.45, 2.75) is 37.8 Å². The zero-order valence-corrected chi connectivity index (χ0v) is 23.5. The van der Waals surface area contributed by atoms with E-state index in [-0.39, 0.29) is 24.7 Å². The fourth-order valence-electron chi connectivity index (χ4n) is 6.76. The van der Waals surface area contributed by atoms with Crippen LogP contribution in [0.1, 0.15) is 51.7 Å². The Morgan fingerprint density at radius 2 is 1.40 bits per heavy atom. The molecular weight excluding hydrogens is 540 g/mol. The molecule has 0 bridgehead atoms. The maximum Gasteiger partial charge on any atom is 0.262 e. The van der Waals surface area contributed by atoms with Gasteiger partial charge in [-0.25, -0.2) is 15.0 Å². The standard InChI is InChI=1S/C34H26N6O3/c1-20-16-27-35-17-26-30(40(27)38-20)37-29(28(36-26)21-8-4-3-5-9-21)22-12-14-23(15-13-22)34(18-33(2,43)19-34)39-31(41)24-10-6-7-11-25(24)32(39)42/h3-17,43H,18-19H2,1-2H3. The van der Waals surface area contributed by atoms with Gasteiger partial charge in [0.2, 0.25) is 0 Å². The molecule has 4 heterocycles. The number of carbonyl (C=O) groups is 2. The number of aromatic nitrogens is 5. The lowest BCUT2D eigenvalue weighted by atomic mass is 9.61. The monoisotopic (exact) mass is 566 g/mol. The zero-order chi connectivity index (χ0) is 29.5. The van der Waals surface area contributed by atoms with Crippen LogP contribution in [0.5, 0.6) is 0 Å². The second-order valence-corrected chi connectivity index (χ2v) is 11.8. The molecule has 1 aliphatic carbocycles. The smallest absolute Gasteiger partial charge is 0.262 e. The Morgan fingerprint density at radius 1 is 0.791 bits per heavy atom. The van der Waals surface area contributed by atoms with Crippen molar-refractivity contribution in [1.82, 2.24) is 29.5 Å². The number of imide groups is 1. The van der Waals surface area contributed by atoms with E-state index < -0.39 is 11.1 Å². The summed E-state index contributed by atoms with van der Waals surface area (Å²) in [4.78, 5) is 43.0. The molecule has 1 fully saturated rings. The molecule has 210 valence electrons. The van der Waals surface area contributed by atoms with E-state index in [0.29, 0.717) is 39.3 Å². The lowest BCUT2D eigenvalue weighted by Crippen LogP contribution is -2.63. The normalized spacial score (nSPS) is 21.4. The van der Waals surface area contributed by atoms with Gasteiger partial charge in [0, 0.05) is 30.0 Å². The third kappa shape index (κ3) is 3.74. The minimum absolute atomic E-state index is 0.249. The van der Waals surface area contributed by atoms with Gasteiger partial charge in [-0.1, -0.05) is 66.7 Å². The number of aliphatic hydroxyl groups is 1. The Hall–Kier alpha value is -5.28. The Bertz CT molecular complexity index is 2080. The van der Waals surface area contributed by atoms with Crippen LogP contribution in [0.3, 0.4) is 0 Å². The average molecular weight is 567 g/mol. The number of fused-ring (bicyclic) bond motifs is 4. The number of rotatable bonds is 4. The van der Waals surface area contributed by atoms with Gasteiger partial charge in [0.25, 0.3) is 11.8 Å². The highest BCUT2D eigenvalue weighted by Gasteiger charge is 2.60. The second kappa shape index (κ2) is 8.86. The van der Waals surface area contributed by atoms with Crippen molar-refractivity contribution in [3.05, 3.63) is 114 Å². The first-order valence-electron chi connectivity index (χ1n) is 14.1. The predicted octanol–water partition coefficient (Wildman–Crippen LogP) is 5.35. The highest BCUT2D eigenvalue weighted by atomic mass is 16.3. The Morgan fingerprint density at radius 3 is 2.05 bits per heavy atom. The molecule has 0 unspecified atom stereocenters. The van der Waals surface area contributed by atoms with Gasteiger partial charge in [-0.3, -0.25) is 14.5 Å². The molecule has 1 saturated carbocycles. The largest absolute Gasteiger partial charge is 0.390 e. The van der Waals surface area contributed by atoms with E-state index in [4.69, 9.17) is 9.97 Å². The van der Waals surface area contributed by atoms with Crippen LogP contribution < -0.4 is 0 Å². The first-order chi connectivity index (χ1) is 20.7. The van der Waals surface area contributed by atoms with Crippen LogP contribution in [0.2, 0.25) is 0 Å². The molecule has 2 amide bonds. The summed E-state index contributed by atoms with van der Waals surface area (Å²) in [7, 11) is 0. The predicted molar refractivity (Wildman–Crippen MR) is 160 cm³/mol. The number of hydrogen-bond donors (Lipinski definition) is 1. The number of carbonyl (C=O) groups excluding carboxylic acids is 2. The molecule has 9 nitrogen and oxygen atoms in total. The van der Waals surface area contributed by atoms with Crippen molar-refractivity contribution in [2.24, 2.45) is 0 Å². The van der Waals surface area contributed by atoms with Gasteiger partial charge in [0.05, 0.1) is 45.5 Å². The van der Waals surface area contributed by atoms with Gasteiger partial charge >= 0.3 is 0 Å². The van der Waals surface area contributed by atoms with E-state index in [1.165, 1.54) is 4.90 Å². The fourth-order valence-corrected chi connectivity index (χ4v) is 6.76. The van der Waals surface area contributed by atoms with Gasteiger partial charge in [-0.15, -0.1) is 0 Å². The fraction of sp³-hybridized carbons (Fsp3) is 0.176. The molecule has 0 radical (unpaired) electrons. The van der Waals surface area contributed by atoms with Crippen molar-refractivity contribution in [2.75, 3.05) is 0 Å². The maximum absolute atomic E-state index is 13.5. The molecule has 8 rings (SSSR count). The molecule has 3 aromatic carbocycles. The number of hydrogen-bond acceptors (Lipinski definition) is 7. The summed E-state index contributed by atoms with van der Waals surface area (Å²) in [6.45, 7) is 3.65. The Balaban J connectivity index is 1.27. The number of nitrogens with zero attached hydrogens (tertiary/aromatic N) is 6. The first kappa shape index (κ1) is 25.4. The third-order valence-electron chi connectivity index (χ3n) is 8.55. The maximum atomic E-state index is 13.5. The topological polar surface area (TPSA) is 114 Å². The lowest BCUT2D eigenvalue weighted by molar-refractivity contribution is -0.118. The van der Waals surface area contributed by atoms with Gasteiger partial charge in [-0.2, -0.15) is 9.61 Å². The summed E-state index contributed by atoms with van der Waals surface area (Å²) in [5.74, 6) is -0.668. The Labute approximate surface area is 246 Å². The van der Waals surface area contributed by atoms with Gasteiger partial charge < -0.3 is 5.11 Å². The van der Waals surface area contributed by atoms with Crippen molar-refractivity contribution in [3.63, 3.8) is 0 Å². The minimum atomic E-state index is -1.00. The molecule has 6 aromatic rings.